The van der Waals surface area contributed by atoms with Crippen molar-refractivity contribution in [3.05, 3.63) is 70.0 Å². The first kappa shape index (κ1) is 12.5. The number of hydrogen-bond donors (Lipinski definition) is 1. The average molecular weight is 264 g/mol. The Bertz CT molecular complexity index is 842. The Morgan fingerprint density at radius 1 is 0.950 bits per heavy atom. The van der Waals surface area contributed by atoms with Crippen LogP contribution in [0.2, 0.25) is 0 Å². The molecule has 0 spiro atoms. The van der Waals surface area contributed by atoms with Crippen LogP contribution in [0.4, 0.5) is 5.82 Å². The molecular formula is C17H16N2O. The Kier molecular flexibility index (Phi) is 2.83. The minimum absolute atomic E-state index is 0.0781. The lowest BCUT2D eigenvalue weighted by Crippen LogP contribution is -2.21. The lowest BCUT2D eigenvalue weighted by atomic mass is 10.1. The summed E-state index contributed by atoms with van der Waals surface area (Å²) < 4.78 is 1.57. The highest BCUT2D eigenvalue weighted by molar-refractivity contribution is 5.84. The van der Waals surface area contributed by atoms with E-state index in [4.69, 9.17) is 5.73 Å². The molecule has 0 saturated carbocycles. The summed E-state index contributed by atoms with van der Waals surface area (Å²) in [7, 11) is 0. The molecule has 2 aromatic carbocycles. The van der Waals surface area contributed by atoms with Gasteiger partial charge in [-0.25, -0.2) is 0 Å². The monoisotopic (exact) mass is 264 g/mol. The zero-order valence-corrected chi connectivity index (χ0v) is 11.6. The molecular weight excluding hydrogens is 248 g/mol. The standard InChI is InChI=1S/C17H16N2O/c1-11-7-12(2)9-14(8-11)19-16(18)10-13-5-3-4-6-15(13)17(19)20/h3-10H,18H2,1-2H3. The molecule has 20 heavy (non-hydrogen) atoms. The first-order chi connectivity index (χ1) is 9.56. The van der Waals surface area contributed by atoms with E-state index >= 15 is 0 Å². The summed E-state index contributed by atoms with van der Waals surface area (Å²) in [6, 6.07) is 15.4. The summed E-state index contributed by atoms with van der Waals surface area (Å²) in [6.45, 7) is 4.03. The van der Waals surface area contributed by atoms with Gasteiger partial charge in [0.1, 0.15) is 5.82 Å². The molecule has 3 nitrogen and oxygen atoms in total. The predicted octanol–water partition coefficient (Wildman–Crippen LogP) is 3.19. The summed E-state index contributed by atoms with van der Waals surface area (Å²) in [4.78, 5) is 12.7. The molecule has 100 valence electrons. The zero-order chi connectivity index (χ0) is 14.3. The van der Waals surface area contributed by atoms with E-state index < -0.39 is 0 Å². The highest BCUT2D eigenvalue weighted by Crippen LogP contribution is 2.19. The van der Waals surface area contributed by atoms with E-state index in [0.29, 0.717) is 11.2 Å². The second kappa shape index (κ2) is 4.53. The van der Waals surface area contributed by atoms with E-state index in [1.54, 1.807) is 4.57 Å². The number of hydrogen-bond acceptors (Lipinski definition) is 2. The molecule has 0 amide bonds. The van der Waals surface area contributed by atoms with Gasteiger partial charge in [0.2, 0.25) is 0 Å². The Labute approximate surface area is 117 Å². The number of anilines is 1. The molecule has 3 rings (SSSR count). The fourth-order valence-corrected chi connectivity index (χ4v) is 2.63. The van der Waals surface area contributed by atoms with Crippen molar-refractivity contribution in [2.75, 3.05) is 5.73 Å². The van der Waals surface area contributed by atoms with E-state index in [1.165, 1.54) is 0 Å². The lowest BCUT2D eigenvalue weighted by Gasteiger charge is -2.12. The van der Waals surface area contributed by atoms with Crippen LogP contribution < -0.4 is 11.3 Å². The normalized spacial score (nSPS) is 10.9. The Balaban J connectivity index is 2.39. The molecule has 0 saturated heterocycles. The fourth-order valence-electron chi connectivity index (χ4n) is 2.63. The van der Waals surface area contributed by atoms with Gasteiger partial charge in [0.05, 0.1) is 5.69 Å². The number of pyridine rings is 1. The average Bonchev–Trinajstić information content (AvgIpc) is 2.37. The van der Waals surface area contributed by atoms with Crippen LogP contribution in [0.1, 0.15) is 11.1 Å². The van der Waals surface area contributed by atoms with Crippen molar-refractivity contribution in [2.24, 2.45) is 0 Å². The number of nitrogens with zero attached hydrogens (tertiary/aromatic N) is 1. The minimum Gasteiger partial charge on any atom is -0.385 e. The van der Waals surface area contributed by atoms with Gasteiger partial charge in [0.25, 0.3) is 5.56 Å². The number of benzene rings is 2. The molecule has 2 N–H and O–H groups in total. The maximum atomic E-state index is 12.7. The number of rotatable bonds is 1. The summed E-state index contributed by atoms with van der Waals surface area (Å²) >= 11 is 0. The first-order valence-electron chi connectivity index (χ1n) is 6.55. The molecule has 0 atom stereocenters. The van der Waals surface area contributed by atoms with Crippen molar-refractivity contribution in [2.45, 2.75) is 13.8 Å². The number of fused-ring (bicyclic) bond motifs is 1. The Hall–Kier alpha value is -2.55. The third-order valence-corrected chi connectivity index (χ3v) is 3.42. The molecule has 0 radical (unpaired) electrons. The SMILES string of the molecule is Cc1cc(C)cc(-n2c(N)cc3ccccc3c2=O)c1. The van der Waals surface area contributed by atoms with E-state index in [9.17, 15) is 4.79 Å². The molecule has 3 heteroatoms. The van der Waals surface area contributed by atoms with Gasteiger partial charge in [-0.3, -0.25) is 9.36 Å². The summed E-state index contributed by atoms with van der Waals surface area (Å²) in [6.07, 6.45) is 0. The van der Waals surface area contributed by atoms with Crippen molar-refractivity contribution in [3.8, 4) is 5.69 Å². The minimum atomic E-state index is -0.0781. The van der Waals surface area contributed by atoms with Gasteiger partial charge in [-0.15, -0.1) is 0 Å². The summed E-state index contributed by atoms with van der Waals surface area (Å²) in [5, 5.41) is 1.55. The molecule has 1 aromatic heterocycles. The summed E-state index contributed by atoms with van der Waals surface area (Å²) in [5.41, 5.74) is 9.04. The van der Waals surface area contributed by atoms with Crippen molar-refractivity contribution >= 4 is 16.6 Å². The highest BCUT2D eigenvalue weighted by Gasteiger charge is 2.09. The Morgan fingerprint density at radius 3 is 2.30 bits per heavy atom. The molecule has 1 heterocycles. The van der Waals surface area contributed by atoms with Gasteiger partial charge in [0, 0.05) is 5.39 Å². The molecule has 0 aliphatic carbocycles. The second-order valence-corrected chi connectivity index (χ2v) is 5.14. The maximum absolute atomic E-state index is 12.7. The third-order valence-electron chi connectivity index (χ3n) is 3.42. The smallest absolute Gasteiger partial charge is 0.264 e. The highest BCUT2D eigenvalue weighted by atomic mass is 16.1. The largest absolute Gasteiger partial charge is 0.385 e. The summed E-state index contributed by atoms with van der Waals surface area (Å²) in [5.74, 6) is 0.457. The van der Waals surface area contributed by atoms with E-state index in [2.05, 4.69) is 6.07 Å². The van der Waals surface area contributed by atoms with Crippen LogP contribution in [0, 0.1) is 13.8 Å². The van der Waals surface area contributed by atoms with Crippen molar-refractivity contribution in [1.82, 2.24) is 4.57 Å². The predicted molar refractivity (Wildman–Crippen MR) is 83.4 cm³/mol. The van der Waals surface area contributed by atoms with Crippen LogP contribution in [-0.4, -0.2) is 4.57 Å². The Morgan fingerprint density at radius 2 is 1.60 bits per heavy atom. The van der Waals surface area contributed by atoms with E-state index in [0.717, 1.165) is 22.2 Å². The number of nitrogen functional groups attached to an aromatic ring is 1. The van der Waals surface area contributed by atoms with Gasteiger partial charge in [0.15, 0.2) is 0 Å². The van der Waals surface area contributed by atoms with Crippen molar-refractivity contribution in [1.29, 1.82) is 0 Å². The fraction of sp³-hybridized carbons (Fsp3) is 0.118. The molecule has 0 unspecified atom stereocenters. The van der Waals surface area contributed by atoms with Gasteiger partial charge in [-0.05, 0) is 54.6 Å². The maximum Gasteiger partial charge on any atom is 0.264 e. The van der Waals surface area contributed by atoms with Crippen LogP contribution in [0.25, 0.3) is 16.5 Å². The molecule has 0 aliphatic heterocycles. The van der Waals surface area contributed by atoms with Crippen LogP contribution in [0.5, 0.6) is 0 Å². The van der Waals surface area contributed by atoms with Crippen LogP contribution in [-0.2, 0) is 0 Å². The molecule has 3 aromatic rings. The first-order valence-corrected chi connectivity index (χ1v) is 6.55. The zero-order valence-electron chi connectivity index (χ0n) is 11.6. The van der Waals surface area contributed by atoms with Crippen LogP contribution in [0.3, 0.4) is 0 Å². The molecule has 0 bridgehead atoms. The van der Waals surface area contributed by atoms with Gasteiger partial charge >= 0.3 is 0 Å². The van der Waals surface area contributed by atoms with Gasteiger partial charge in [-0.1, -0.05) is 24.3 Å². The number of nitrogens with two attached hydrogens (primary N) is 1. The number of aromatic nitrogens is 1. The van der Waals surface area contributed by atoms with Crippen LogP contribution in [0.15, 0.2) is 53.3 Å². The van der Waals surface area contributed by atoms with Crippen molar-refractivity contribution in [3.63, 3.8) is 0 Å². The lowest BCUT2D eigenvalue weighted by molar-refractivity contribution is 1.02. The van der Waals surface area contributed by atoms with Crippen molar-refractivity contribution < 1.29 is 0 Å². The topological polar surface area (TPSA) is 48.0 Å². The molecule has 0 fully saturated rings. The van der Waals surface area contributed by atoms with Gasteiger partial charge < -0.3 is 5.73 Å². The quantitative estimate of drug-likeness (QED) is 0.733. The second-order valence-electron chi connectivity index (χ2n) is 5.14. The number of aryl methyl sites for hydroxylation is 2. The molecule has 0 aliphatic rings. The van der Waals surface area contributed by atoms with Gasteiger partial charge in [-0.2, -0.15) is 0 Å². The van der Waals surface area contributed by atoms with E-state index in [1.807, 2.05) is 56.3 Å². The van der Waals surface area contributed by atoms with Crippen LogP contribution >= 0.6 is 0 Å². The third kappa shape index (κ3) is 1.97. The van der Waals surface area contributed by atoms with E-state index in [-0.39, 0.29) is 5.56 Å².